The van der Waals surface area contributed by atoms with Crippen LogP contribution in [0.1, 0.15) is 0 Å². The fraction of sp³-hybridized carbons (Fsp3) is 0.0909. The van der Waals surface area contributed by atoms with Gasteiger partial charge in [-0.25, -0.2) is 4.98 Å². The highest BCUT2D eigenvalue weighted by molar-refractivity contribution is 7.84. The molecule has 10 heteroatoms. The van der Waals surface area contributed by atoms with Crippen molar-refractivity contribution in [1.29, 1.82) is 0 Å². The number of aromatic nitrogens is 4. The van der Waals surface area contributed by atoms with Gasteiger partial charge in [-0.3, -0.25) is 13.7 Å². The molecule has 0 fully saturated rings. The third-order valence-corrected chi connectivity index (χ3v) is 5.56. The van der Waals surface area contributed by atoms with Crippen molar-refractivity contribution in [1.82, 2.24) is 19.7 Å². The summed E-state index contributed by atoms with van der Waals surface area (Å²) in [5.41, 5.74) is 3.08. The summed E-state index contributed by atoms with van der Waals surface area (Å²) in [6.07, 6.45) is 6.08. The number of hydrogen-bond acceptors (Lipinski definition) is 7. The van der Waals surface area contributed by atoms with Crippen LogP contribution < -0.4 is 16.0 Å². The number of fused-ring (bicyclic) bond motifs is 1. The molecular formula is C22H21N7O2S. The van der Waals surface area contributed by atoms with Gasteiger partial charge in [-0.15, -0.1) is 0 Å². The van der Waals surface area contributed by atoms with Crippen LogP contribution in [0.5, 0.6) is 0 Å². The second-order valence-corrected chi connectivity index (χ2v) is 8.27. The molecule has 162 valence electrons. The van der Waals surface area contributed by atoms with Crippen molar-refractivity contribution >= 4 is 56.4 Å². The monoisotopic (exact) mass is 447 g/mol. The maximum absolute atomic E-state index is 12.2. The minimum atomic E-state index is -1.31. The molecule has 0 saturated carbocycles. The highest BCUT2D eigenvalue weighted by atomic mass is 32.2. The molecule has 0 radical (unpaired) electrons. The van der Waals surface area contributed by atoms with Gasteiger partial charge in [0, 0.05) is 35.8 Å². The van der Waals surface area contributed by atoms with Crippen molar-refractivity contribution < 1.29 is 9.00 Å². The summed E-state index contributed by atoms with van der Waals surface area (Å²) in [5.74, 6) is 0.440. The van der Waals surface area contributed by atoms with E-state index in [0.717, 1.165) is 16.6 Å². The number of anilines is 5. The summed E-state index contributed by atoms with van der Waals surface area (Å²) in [4.78, 5) is 20.9. The lowest BCUT2D eigenvalue weighted by molar-refractivity contribution is -0.111. The van der Waals surface area contributed by atoms with E-state index in [1.807, 2.05) is 31.3 Å². The Balaban J connectivity index is 1.61. The second-order valence-electron chi connectivity index (χ2n) is 6.93. The number of rotatable bonds is 7. The Morgan fingerprint density at radius 2 is 1.88 bits per heavy atom. The zero-order valence-corrected chi connectivity index (χ0v) is 18.3. The quantitative estimate of drug-likeness (QED) is 0.370. The molecule has 0 saturated heterocycles. The molecule has 2 aromatic carbocycles. The molecule has 32 heavy (non-hydrogen) atoms. The number of nitrogens with zero attached hydrogens (tertiary/aromatic N) is 4. The first kappa shape index (κ1) is 21.2. The van der Waals surface area contributed by atoms with E-state index >= 15 is 0 Å². The smallest absolute Gasteiger partial charge is 0.247 e. The van der Waals surface area contributed by atoms with Crippen LogP contribution in [0.3, 0.4) is 0 Å². The lowest BCUT2D eigenvalue weighted by atomic mass is 10.2. The second kappa shape index (κ2) is 8.98. The maximum Gasteiger partial charge on any atom is 0.247 e. The first-order valence-electron chi connectivity index (χ1n) is 9.62. The first-order valence-corrected chi connectivity index (χ1v) is 11.2. The van der Waals surface area contributed by atoms with Gasteiger partial charge in [-0.1, -0.05) is 12.6 Å². The molecule has 4 aromatic rings. The number of carbonyl (C=O) groups is 1. The number of benzene rings is 2. The van der Waals surface area contributed by atoms with Crippen molar-refractivity contribution in [2.45, 2.75) is 4.90 Å². The fourth-order valence-electron chi connectivity index (χ4n) is 3.11. The number of aryl methyl sites for hydroxylation is 1. The summed E-state index contributed by atoms with van der Waals surface area (Å²) >= 11 is 0. The Labute approximate surface area is 187 Å². The van der Waals surface area contributed by atoms with Crippen molar-refractivity contribution in [3.63, 3.8) is 0 Å². The molecule has 2 aromatic heterocycles. The molecule has 0 bridgehead atoms. The van der Waals surface area contributed by atoms with Gasteiger partial charge >= 0.3 is 0 Å². The van der Waals surface area contributed by atoms with Crippen molar-refractivity contribution in [2.75, 3.05) is 22.2 Å². The molecule has 0 spiro atoms. The number of amides is 1. The van der Waals surface area contributed by atoms with Gasteiger partial charge in [0.2, 0.25) is 11.9 Å². The average molecular weight is 448 g/mol. The van der Waals surface area contributed by atoms with Crippen LogP contribution in [0, 0.1) is 0 Å². The van der Waals surface area contributed by atoms with Crippen LogP contribution >= 0.6 is 0 Å². The summed E-state index contributed by atoms with van der Waals surface area (Å²) in [7, 11) is 0.577. The average Bonchev–Trinajstić information content (AvgIpc) is 3.14. The van der Waals surface area contributed by atoms with Gasteiger partial charge in [0.1, 0.15) is 0 Å². The van der Waals surface area contributed by atoms with Gasteiger partial charge in [-0.2, -0.15) is 10.1 Å². The minimum Gasteiger partial charge on any atom is -0.339 e. The molecule has 0 aliphatic heterocycles. The van der Waals surface area contributed by atoms with Gasteiger partial charge in [0.25, 0.3) is 0 Å². The predicted molar refractivity (Wildman–Crippen MR) is 127 cm³/mol. The van der Waals surface area contributed by atoms with Crippen LogP contribution in [-0.4, -0.2) is 36.1 Å². The van der Waals surface area contributed by atoms with Crippen LogP contribution in [0.15, 0.2) is 72.4 Å². The van der Waals surface area contributed by atoms with Crippen molar-refractivity contribution in [3.8, 4) is 0 Å². The number of nitrogens with one attached hydrogen (secondary N) is 3. The molecular weight excluding hydrogens is 426 g/mol. The summed E-state index contributed by atoms with van der Waals surface area (Å²) in [5, 5.41) is 14.3. The van der Waals surface area contributed by atoms with E-state index in [0.29, 0.717) is 28.0 Å². The number of hydrogen-bond donors (Lipinski definition) is 3. The summed E-state index contributed by atoms with van der Waals surface area (Å²) in [6, 6.07) is 12.9. The Kier molecular flexibility index (Phi) is 5.95. The van der Waals surface area contributed by atoms with E-state index in [4.69, 9.17) is 0 Å². The van der Waals surface area contributed by atoms with Crippen LogP contribution in [-0.2, 0) is 22.6 Å². The largest absolute Gasteiger partial charge is 0.339 e. The Hall–Kier alpha value is -4.05. The van der Waals surface area contributed by atoms with Gasteiger partial charge in [0.15, 0.2) is 5.82 Å². The topological polar surface area (TPSA) is 114 Å². The van der Waals surface area contributed by atoms with Crippen molar-refractivity contribution in [3.05, 3.63) is 67.5 Å². The van der Waals surface area contributed by atoms with Crippen LogP contribution in [0.25, 0.3) is 10.9 Å². The number of carbonyl (C=O) groups excluding carboxylic acids is 1. The minimum absolute atomic E-state index is 0.309. The van der Waals surface area contributed by atoms with E-state index in [9.17, 15) is 9.00 Å². The third-order valence-electron chi connectivity index (χ3n) is 4.65. The SMILES string of the molecule is C=CC(=O)Nc1cccc(Nc2nc(Nc3ccc4c(cnn4C)c3)ncc2S(C)=O)c1. The Morgan fingerprint density at radius 3 is 2.66 bits per heavy atom. The fourth-order valence-corrected chi connectivity index (χ4v) is 3.68. The van der Waals surface area contributed by atoms with Crippen molar-refractivity contribution in [2.24, 2.45) is 7.05 Å². The zero-order chi connectivity index (χ0) is 22.7. The first-order chi connectivity index (χ1) is 15.4. The molecule has 0 aliphatic rings. The van der Waals surface area contributed by atoms with Gasteiger partial charge < -0.3 is 16.0 Å². The zero-order valence-electron chi connectivity index (χ0n) is 17.5. The highest BCUT2D eigenvalue weighted by Crippen LogP contribution is 2.26. The molecule has 3 N–H and O–H groups in total. The predicted octanol–water partition coefficient (Wildman–Crippen LogP) is 3.71. The van der Waals surface area contributed by atoms with Crippen LogP contribution in [0.4, 0.5) is 28.8 Å². The molecule has 2 heterocycles. The van der Waals surface area contributed by atoms with E-state index < -0.39 is 10.8 Å². The molecule has 1 atom stereocenters. The lowest BCUT2D eigenvalue weighted by Gasteiger charge is -2.13. The molecule has 9 nitrogen and oxygen atoms in total. The van der Waals surface area contributed by atoms with Crippen LogP contribution in [0.2, 0.25) is 0 Å². The highest BCUT2D eigenvalue weighted by Gasteiger charge is 2.12. The lowest BCUT2D eigenvalue weighted by Crippen LogP contribution is -2.08. The standard InChI is InChI=1S/C22H21N7O2S/c1-4-20(30)25-15-6-5-7-16(11-15)26-21-19(32(3)31)13-23-22(28-21)27-17-8-9-18-14(10-17)12-24-29(18)2/h4-13H,1H2,2-3H3,(H,25,30)(H2,23,26,27,28). The third kappa shape index (κ3) is 4.65. The summed E-state index contributed by atoms with van der Waals surface area (Å²) in [6.45, 7) is 3.45. The molecule has 4 rings (SSSR count). The molecule has 1 amide bonds. The van der Waals surface area contributed by atoms with E-state index in [1.54, 1.807) is 35.3 Å². The van der Waals surface area contributed by atoms with E-state index in [2.05, 4.69) is 37.6 Å². The summed E-state index contributed by atoms with van der Waals surface area (Å²) < 4.78 is 14.0. The maximum atomic E-state index is 12.2. The van der Waals surface area contributed by atoms with Gasteiger partial charge in [0.05, 0.1) is 33.6 Å². The molecule has 0 aliphatic carbocycles. The van der Waals surface area contributed by atoms with E-state index in [1.165, 1.54) is 12.3 Å². The normalized spacial score (nSPS) is 11.7. The van der Waals surface area contributed by atoms with Gasteiger partial charge in [-0.05, 0) is 42.5 Å². The van der Waals surface area contributed by atoms with E-state index in [-0.39, 0.29) is 5.91 Å². The Morgan fingerprint density at radius 1 is 1.09 bits per heavy atom. The Bertz CT molecular complexity index is 1350. The molecule has 1 unspecified atom stereocenters.